The second kappa shape index (κ2) is 6.29. The summed E-state index contributed by atoms with van der Waals surface area (Å²) >= 11 is 0. The molecule has 1 atom stereocenters. The number of esters is 1. The van der Waals surface area contributed by atoms with Crippen LogP contribution in [-0.2, 0) is 22.6 Å². The summed E-state index contributed by atoms with van der Waals surface area (Å²) in [6.07, 6.45) is -0.0383. The number of allylic oxidation sites excluding steroid dienone is 1. The zero-order valence-corrected chi connectivity index (χ0v) is 12.8. The summed E-state index contributed by atoms with van der Waals surface area (Å²) in [5.74, 6) is -2.26. The molecular weight excluding hydrogens is 304 g/mol. The molecular formula is C16H18O7. The Morgan fingerprint density at radius 2 is 2.00 bits per heavy atom. The molecule has 1 aromatic rings. The number of benzene rings is 1. The number of aromatic hydroxyl groups is 2. The van der Waals surface area contributed by atoms with E-state index in [0.717, 1.165) is 0 Å². The molecule has 0 saturated heterocycles. The van der Waals surface area contributed by atoms with E-state index < -0.39 is 24.5 Å². The Bertz CT molecular complexity index is 703. The smallest absolute Gasteiger partial charge is 0.342 e. The molecule has 0 amide bonds. The monoisotopic (exact) mass is 322 g/mol. The van der Waals surface area contributed by atoms with E-state index in [-0.39, 0.29) is 35.7 Å². The molecule has 1 aliphatic rings. The van der Waals surface area contributed by atoms with Crippen molar-refractivity contribution in [3.63, 3.8) is 0 Å². The molecule has 0 radical (unpaired) electrons. The Morgan fingerprint density at radius 3 is 2.61 bits per heavy atom. The van der Waals surface area contributed by atoms with Gasteiger partial charge in [0.05, 0.1) is 12.5 Å². The summed E-state index contributed by atoms with van der Waals surface area (Å²) in [4.78, 5) is 22.3. The Morgan fingerprint density at radius 1 is 1.35 bits per heavy atom. The standard InChI is InChI=1S/C16H18O7/c1-7(11(17)5-12(18)19)3-4-9-14(20)8(2)10-6-23-16(22)13(10)15(9)21/h3,11,17,20-21H,4-6H2,1-2H3,(H,18,19)/b7-3+/t11-/m0/s1. The van der Waals surface area contributed by atoms with Crippen molar-refractivity contribution < 1.29 is 34.8 Å². The number of carboxylic acid groups (broad SMARTS) is 1. The SMILES string of the molecule is C/C(=C\Cc1c(O)c(C)c2c(c1O)C(=O)OC2)[C@@H](O)CC(=O)O. The van der Waals surface area contributed by atoms with Gasteiger partial charge in [0.25, 0.3) is 0 Å². The highest BCUT2D eigenvalue weighted by molar-refractivity contribution is 5.98. The molecule has 0 bridgehead atoms. The van der Waals surface area contributed by atoms with Crippen molar-refractivity contribution in [3.05, 3.63) is 33.9 Å². The molecule has 0 unspecified atom stereocenters. The van der Waals surface area contributed by atoms with Crippen LogP contribution >= 0.6 is 0 Å². The van der Waals surface area contributed by atoms with Gasteiger partial charge in [0, 0.05) is 11.1 Å². The van der Waals surface area contributed by atoms with Crippen LogP contribution in [0.25, 0.3) is 0 Å². The first-order chi connectivity index (χ1) is 10.7. The van der Waals surface area contributed by atoms with E-state index in [9.17, 15) is 24.9 Å². The Hall–Kier alpha value is -2.54. The van der Waals surface area contributed by atoms with Gasteiger partial charge in [0.1, 0.15) is 23.7 Å². The predicted octanol–water partition coefficient (Wildman–Crippen LogP) is 1.40. The highest BCUT2D eigenvalue weighted by Gasteiger charge is 2.31. The van der Waals surface area contributed by atoms with Crippen molar-refractivity contribution in [2.75, 3.05) is 0 Å². The minimum atomic E-state index is -1.16. The van der Waals surface area contributed by atoms with E-state index in [1.165, 1.54) is 6.08 Å². The van der Waals surface area contributed by atoms with Gasteiger partial charge in [-0.25, -0.2) is 4.79 Å². The molecule has 2 rings (SSSR count). The summed E-state index contributed by atoms with van der Waals surface area (Å²) in [5, 5.41) is 38.8. The number of cyclic esters (lactones) is 1. The third kappa shape index (κ3) is 3.14. The summed E-state index contributed by atoms with van der Waals surface area (Å²) in [6, 6.07) is 0. The van der Waals surface area contributed by atoms with Gasteiger partial charge in [0.15, 0.2) is 0 Å². The second-order valence-electron chi connectivity index (χ2n) is 5.50. The topological polar surface area (TPSA) is 124 Å². The molecule has 1 heterocycles. The number of carbonyl (C=O) groups excluding carboxylic acids is 1. The van der Waals surface area contributed by atoms with E-state index >= 15 is 0 Å². The van der Waals surface area contributed by atoms with E-state index in [4.69, 9.17) is 9.84 Å². The van der Waals surface area contributed by atoms with Crippen LogP contribution in [0, 0.1) is 6.92 Å². The van der Waals surface area contributed by atoms with Crippen LogP contribution < -0.4 is 0 Å². The number of phenolic OH excluding ortho intramolecular Hbond substituents is 2. The number of aliphatic hydroxyl groups excluding tert-OH is 1. The lowest BCUT2D eigenvalue weighted by atomic mass is 9.94. The average Bonchev–Trinajstić information content (AvgIpc) is 2.86. The maximum atomic E-state index is 11.7. The highest BCUT2D eigenvalue weighted by atomic mass is 16.5. The summed E-state index contributed by atoms with van der Waals surface area (Å²) < 4.78 is 4.87. The first-order valence-corrected chi connectivity index (χ1v) is 7.03. The number of rotatable bonds is 5. The molecule has 7 nitrogen and oxygen atoms in total. The van der Waals surface area contributed by atoms with Gasteiger partial charge in [-0.3, -0.25) is 4.79 Å². The number of carboxylic acids is 1. The highest BCUT2D eigenvalue weighted by Crippen LogP contribution is 2.41. The van der Waals surface area contributed by atoms with E-state index in [0.29, 0.717) is 16.7 Å². The number of aliphatic carboxylic acids is 1. The van der Waals surface area contributed by atoms with E-state index in [2.05, 4.69) is 0 Å². The van der Waals surface area contributed by atoms with Gasteiger partial charge < -0.3 is 25.2 Å². The fourth-order valence-corrected chi connectivity index (χ4v) is 2.49. The maximum absolute atomic E-state index is 11.7. The normalized spacial score (nSPS) is 15.3. The van der Waals surface area contributed by atoms with Crippen LogP contribution in [-0.4, -0.2) is 38.5 Å². The minimum Gasteiger partial charge on any atom is -0.507 e. The van der Waals surface area contributed by atoms with Crippen molar-refractivity contribution in [3.8, 4) is 11.5 Å². The lowest BCUT2D eigenvalue weighted by molar-refractivity contribution is -0.138. The second-order valence-corrected chi connectivity index (χ2v) is 5.50. The number of hydrogen-bond acceptors (Lipinski definition) is 6. The molecule has 4 N–H and O–H groups in total. The van der Waals surface area contributed by atoms with Gasteiger partial charge in [-0.1, -0.05) is 6.08 Å². The average molecular weight is 322 g/mol. The maximum Gasteiger partial charge on any atom is 0.342 e. The molecule has 1 aromatic carbocycles. The van der Waals surface area contributed by atoms with Gasteiger partial charge in [-0.05, 0) is 31.4 Å². The fourth-order valence-electron chi connectivity index (χ4n) is 2.49. The number of ether oxygens (including phenoxy) is 1. The molecule has 0 aliphatic carbocycles. The number of aliphatic hydroxyl groups is 1. The van der Waals surface area contributed by atoms with Gasteiger partial charge in [-0.15, -0.1) is 0 Å². The number of fused-ring (bicyclic) bond motifs is 1. The van der Waals surface area contributed by atoms with Crippen molar-refractivity contribution in [2.24, 2.45) is 0 Å². The molecule has 0 spiro atoms. The van der Waals surface area contributed by atoms with E-state index in [1.807, 2.05) is 0 Å². The van der Waals surface area contributed by atoms with Crippen molar-refractivity contribution in [2.45, 2.75) is 39.4 Å². The number of phenols is 2. The molecule has 1 aliphatic heterocycles. The molecule has 0 aromatic heterocycles. The van der Waals surface area contributed by atoms with Crippen LogP contribution in [0.15, 0.2) is 11.6 Å². The molecule has 0 saturated carbocycles. The zero-order chi connectivity index (χ0) is 17.3. The lowest BCUT2D eigenvalue weighted by Crippen LogP contribution is -2.14. The quantitative estimate of drug-likeness (QED) is 0.477. The molecule has 23 heavy (non-hydrogen) atoms. The van der Waals surface area contributed by atoms with Crippen molar-refractivity contribution >= 4 is 11.9 Å². The fraction of sp³-hybridized carbons (Fsp3) is 0.375. The number of carbonyl (C=O) groups is 2. The number of hydrogen-bond donors (Lipinski definition) is 4. The third-order valence-electron chi connectivity index (χ3n) is 3.99. The summed E-state index contributed by atoms with van der Waals surface area (Å²) in [6.45, 7) is 3.18. The van der Waals surface area contributed by atoms with Gasteiger partial charge >= 0.3 is 11.9 Å². The van der Waals surface area contributed by atoms with Crippen LogP contribution in [0.1, 0.15) is 40.4 Å². The van der Waals surface area contributed by atoms with Crippen LogP contribution in [0.4, 0.5) is 0 Å². The summed E-state index contributed by atoms with van der Waals surface area (Å²) in [5.41, 5.74) is 1.50. The van der Waals surface area contributed by atoms with Crippen LogP contribution in [0.3, 0.4) is 0 Å². The lowest BCUT2D eigenvalue weighted by Gasteiger charge is -2.13. The third-order valence-corrected chi connectivity index (χ3v) is 3.99. The summed E-state index contributed by atoms with van der Waals surface area (Å²) in [7, 11) is 0. The van der Waals surface area contributed by atoms with Crippen LogP contribution in [0.2, 0.25) is 0 Å². The molecule has 0 fully saturated rings. The Kier molecular flexibility index (Phi) is 4.60. The van der Waals surface area contributed by atoms with Gasteiger partial charge in [0.2, 0.25) is 0 Å². The first kappa shape index (κ1) is 16.8. The van der Waals surface area contributed by atoms with Crippen molar-refractivity contribution in [1.29, 1.82) is 0 Å². The largest absolute Gasteiger partial charge is 0.507 e. The molecule has 7 heteroatoms. The zero-order valence-electron chi connectivity index (χ0n) is 12.8. The van der Waals surface area contributed by atoms with Crippen LogP contribution in [0.5, 0.6) is 11.5 Å². The predicted molar refractivity (Wildman–Crippen MR) is 79.3 cm³/mol. The first-order valence-electron chi connectivity index (χ1n) is 7.03. The van der Waals surface area contributed by atoms with Gasteiger partial charge in [-0.2, -0.15) is 0 Å². The van der Waals surface area contributed by atoms with E-state index in [1.54, 1.807) is 13.8 Å². The molecule has 124 valence electrons. The Labute approximate surface area is 132 Å². The van der Waals surface area contributed by atoms with Crippen molar-refractivity contribution in [1.82, 2.24) is 0 Å². The Balaban J connectivity index is 2.35. The minimum absolute atomic E-state index is 0.00753.